The number of rotatable bonds is 5. The fraction of sp³-hybridized carbons (Fsp3) is 0.235. The molecule has 0 saturated carbocycles. The lowest BCUT2D eigenvalue weighted by Gasteiger charge is -2.20. The zero-order valence-corrected chi connectivity index (χ0v) is 14.5. The van der Waals surface area contributed by atoms with E-state index in [1.54, 1.807) is 13.2 Å². The van der Waals surface area contributed by atoms with E-state index in [4.69, 9.17) is 28.6 Å². The number of thiocarbonyl (C=S) groups is 1. The average Bonchev–Trinajstić information content (AvgIpc) is 2.56. The van der Waals surface area contributed by atoms with E-state index >= 15 is 0 Å². The first-order valence-corrected chi connectivity index (χ1v) is 7.98. The molecule has 0 fully saturated rings. The highest BCUT2D eigenvalue weighted by Crippen LogP contribution is 2.22. The zero-order chi connectivity index (χ0) is 16.8. The fourth-order valence-electron chi connectivity index (χ4n) is 2.16. The summed E-state index contributed by atoms with van der Waals surface area (Å²) in [5, 5.41) is 6.77. The molecule has 6 heteroatoms. The molecule has 2 N–H and O–H groups in total. The van der Waals surface area contributed by atoms with Crippen LogP contribution in [-0.2, 0) is 0 Å². The Bertz CT molecular complexity index is 679. The van der Waals surface area contributed by atoms with Crippen molar-refractivity contribution < 1.29 is 9.13 Å². The highest BCUT2D eigenvalue weighted by molar-refractivity contribution is 7.80. The maximum absolute atomic E-state index is 13.2. The molecule has 0 unspecified atom stereocenters. The minimum absolute atomic E-state index is 0.0556. The quantitative estimate of drug-likeness (QED) is 0.748. The van der Waals surface area contributed by atoms with Gasteiger partial charge in [-0.3, -0.25) is 0 Å². The molecule has 0 saturated heterocycles. The largest absolute Gasteiger partial charge is 0.497 e. The van der Waals surface area contributed by atoms with Crippen LogP contribution in [0.25, 0.3) is 0 Å². The van der Waals surface area contributed by atoms with Gasteiger partial charge in [-0.1, -0.05) is 30.7 Å². The van der Waals surface area contributed by atoms with Crippen molar-refractivity contribution in [2.24, 2.45) is 0 Å². The van der Waals surface area contributed by atoms with Crippen LogP contribution in [0.15, 0.2) is 42.5 Å². The Labute approximate surface area is 145 Å². The number of hydrogen-bond acceptors (Lipinski definition) is 2. The first kappa shape index (κ1) is 17.5. The van der Waals surface area contributed by atoms with Crippen LogP contribution < -0.4 is 15.4 Å². The highest BCUT2D eigenvalue weighted by Gasteiger charge is 2.11. The van der Waals surface area contributed by atoms with E-state index in [0.717, 1.165) is 17.7 Å². The van der Waals surface area contributed by atoms with Crippen molar-refractivity contribution >= 4 is 34.6 Å². The normalized spacial score (nSPS) is 11.7. The fourth-order valence-corrected chi connectivity index (χ4v) is 2.60. The van der Waals surface area contributed by atoms with Gasteiger partial charge >= 0.3 is 0 Å². The van der Waals surface area contributed by atoms with Crippen LogP contribution in [0.1, 0.15) is 24.9 Å². The second-order valence-electron chi connectivity index (χ2n) is 4.96. The van der Waals surface area contributed by atoms with Gasteiger partial charge in [0, 0.05) is 5.69 Å². The Kier molecular flexibility index (Phi) is 6.19. The van der Waals surface area contributed by atoms with Gasteiger partial charge in [0.1, 0.15) is 11.6 Å². The first-order valence-electron chi connectivity index (χ1n) is 7.20. The van der Waals surface area contributed by atoms with Gasteiger partial charge in [0.2, 0.25) is 0 Å². The second-order valence-corrected chi connectivity index (χ2v) is 5.78. The van der Waals surface area contributed by atoms with Crippen molar-refractivity contribution in [1.82, 2.24) is 5.32 Å². The molecule has 0 aliphatic rings. The lowest BCUT2D eigenvalue weighted by atomic mass is 10.0. The maximum Gasteiger partial charge on any atom is 0.171 e. The van der Waals surface area contributed by atoms with Crippen LogP contribution in [0.3, 0.4) is 0 Å². The van der Waals surface area contributed by atoms with Crippen molar-refractivity contribution in [3.8, 4) is 5.75 Å². The standard InChI is InChI=1S/C17H18ClFN2OS/c1-3-16(11-4-7-13(22-2)8-5-11)21-17(23)20-12-6-9-15(19)14(18)10-12/h4-10,16H,3H2,1-2H3,(H2,20,21,23)/t16-/m1/s1. The third-order valence-corrected chi connectivity index (χ3v) is 3.92. The highest BCUT2D eigenvalue weighted by atomic mass is 35.5. The van der Waals surface area contributed by atoms with Gasteiger partial charge in [-0.15, -0.1) is 0 Å². The topological polar surface area (TPSA) is 33.3 Å². The van der Waals surface area contributed by atoms with E-state index in [1.165, 1.54) is 12.1 Å². The Morgan fingerprint density at radius 3 is 2.52 bits per heavy atom. The number of anilines is 1. The molecule has 23 heavy (non-hydrogen) atoms. The van der Waals surface area contributed by atoms with Crippen molar-refractivity contribution in [3.05, 3.63) is 58.9 Å². The number of ether oxygens (including phenoxy) is 1. The van der Waals surface area contributed by atoms with Gasteiger partial charge in [-0.2, -0.15) is 0 Å². The predicted octanol–water partition coefficient (Wildman–Crippen LogP) is 4.93. The second kappa shape index (κ2) is 8.13. The summed E-state index contributed by atoms with van der Waals surface area (Å²) in [6.45, 7) is 2.07. The number of methoxy groups -OCH3 is 1. The molecule has 0 amide bonds. The predicted molar refractivity (Wildman–Crippen MR) is 96.8 cm³/mol. The van der Waals surface area contributed by atoms with E-state index < -0.39 is 5.82 Å². The summed E-state index contributed by atoms with van der Waals surface area (Å²) < 4.78 is 18.3. The van der Waals surface area contributed by atoms with Gasteiger partial charge in [-0.25, -0.2) is 4.39 Å². The molecular formula is C17H18ClFN2OS. The molecule has 2 aromatic rings. The summed E-state index contributed by atoms with van der Waals surface area (Å²) in [5.74, 6) is 0.353. The summed E-state index contributed by atoms with van der Waals surface area (Å²) in [7, 11) is 1.64. The third-order valence-electron chi connectivity index (χ3n) is 3.41. The molecule has 0 spiro atoms. The van der Waals surface area contributed by atoms with Crippen molar-refractivity contribution in [1.29, 1.82) is 0 Å². The lowest BCUT2D eigenvalue weighted by Crippen LogP contribution is -2.32. The van der Waals surface area contributed by atoms with Crippen LogP contribution >= 0.6 is 23.8 Å². The summed E-state index contributed by atoms with van der Waals surface area (Å²) in [5.41, 5.74) is 1.74. The van der Waals surface area contributed by atoms with Gasteiger partial charge < -0.3 is 15.4 Å². The van der Waals surface area contributed by atoms with Crippen LogP contribution in [-0.4, -0.2) is 12.2 Å². The SMILES string of the molecule is CC[C@@H](NC(=S)Nc1ccc(F)c(Cl)c1)c1ccc(OC)cc1. The van der Waals surface area contributed by atoms with E-state index in [0.29, 0.717) is 10.8 Å². The molecular weight excluding hydrogens is 335 g/mol. The molecule has 0 aliphatic heterocycles. The van der Waals surface area contributed by atoms with Crippen molar-refractivity contribution in [3.63, 3.8) is 0 Å². The summed E-state index contributed by atoms with van der Waals surface area (Å²) in [4.78, 5) is 0. The van der Waals surface area contributed by atoms with Gasteiger partial charge in [0.05, 0.1) is 18.2 Å². The Hall–Kier alpha value is -1.85. The molecule has 0 radical (unpaired) electrons. The maximum atomic E-state index is 13.2. The molecule has 122 valence electrons. The van der Waals surface area contributed by atoms with Crippen LogP contribution in [0.4, 0.5) is 10.1 Å². The van der Waals surface area contributed by atoms with Crippen LogP contribution in [0.5, 0.6) is 5.75 Å². The van der Waals surface area contributed by atoms with Crippen LogP contribution in [0.2, 0.25) is 5.02 Å². The molecule has 0 heterocycles. The van der Waals surface area contributed by atoms with E-state index in [2.05, 4.69) is 17.6 Å². The molecule has 0 bridgehead atoms. The first-order chi connectivity index (χ1) is 11.0. The molecule has 3 nitrogen and oxygen atoms in total. The van der Waals surface area contributed by atoms with E-state index in [1.807, 2.05) is 24.3 Å². The minimum atomic E-state index is -0.458. The molecule has 2 aromatic carbocycles. The third kappa shape index (κ3) is 4.81. The summed E-state index contributed by atoms with van der Waals surface area (Å²) in [6, 6.07) is 12.3. The smallest absolute Gasteiger partial charge is 0.171 e. The Morgan fingerprint density at radius 1 is 1.26 bits per heavy atom. The average molecular weight is 353 g/mol. The minimum Gasteiger partial charge on any atom is -0.497 e. The Morgan fingerprint density at radius 2 is 1.96 bits per heavy atom. The number of benzene rings is 2. The monoisotopic (exact) mass is 352 g/mol. The van der Waals surface area contributed by atoms with Crippen LogP contribution in [0, 0.1) is 5.82 Å². The van der Waals surface area contributed by atoms with E-state index in [9.17, 15) is 4.39 Å². The lowest BCUT2D eigenvalue weighted by molar-refractivity contribution is 0.414. The number of nitrogens with one attached hydrogen (secondary N) is 2. The van der Waals surface area contributed by atoms with E-state index in [-0.39, 0.29) is 11.1 Å². The molecule has 2 rings (SSSR count). The number of halogens is 2. The number of hydrogen-bond donors (Lipinski definition) is 2. The van der Waals surface area contributed by atoms with Gasteiger partial charge in [0.25, 0.3) is 0 Å². The summed E-state index contributed by atoms with van der Waals surface area (Å²) >= 11 is 11.1. The zero-order valence-electron chi connectivity index (χ0n) is 12.9. The molecule has 1 atom stereocenters. The summed E-state index contributed by atoms with van der Waals surface area (Å²) in [6.07, 6.45) is 0.859. The van der Waals surface area contributed by atoms with Gasteiger partial charge in [-0.05, 0) is 54.5 Å². The Balaban J connectivity index is 2.02. The van der Waals surface area contributed by atoms with Crippen molar-refractivity contribution in [2.75, 3.05) is 12.4 Å². The molecule has 0 aliphatic carbocycles. The molecule has 0 aromatic heterocycles. The van der Waals surface area contributed by atoms with Crippen molar-refractivity contribution in [2.45, 2.75) is 19.4 Å². The van der Waals surface area contributed by atoms with Gasteiger partial charge in [0.15, 0.2) is 5.11 Å².